The molecule has 2 atom stereocenters. The molecule has 2 unspecified atom stereocenters. The molecule has 1 heterocycles. The fourth-order valence-electron chi connectivity index (χ4n) is 3.61. The van der Waals surface area contributed by atoms with Crippen LogP contribution in [0.5, 0.6) is 0 Å². The smallest absolute Gasteiger partial charge is 0.228 e. The summed E-state index contributed by atoms with van der Waals surface area (Å²) in [7, 11) is 0. The molecule has 1 saturated carbocycles. The number of halogens is 1. The van der Waals surface area contributed by atoms with Gasteiger partial charge in [-0.05, 0) is 46.6 Å². The SMILES string of the molecule is CC(C)(C)c1ccc(C2CC2C(=O)Nc2cnn(Cc3ccc(F)cc3)c2)cc1. The highest BCUT2D eigenvalue weighted by molar-refractivity contribution is 5.95. The van der Waals surface area contributed by atoms with Gasteiger partial charge in [0.15, 0.2) is 0 Å². The van der Waals surface area contributed by atoms with Crippen molar-refractivity contribution >= 4 is 11.6 Å². The van der Waals surface area contributed by atoms with Crippen molar-refractivity contribution in [1.82, 2.24) is 9.78 Å². The predicted molar refractivity (Wildman–Crippen MR) is 112 cm³/mol. The van der Waals surface area contributed by atoms with Gasteiger partial charge in [-0.15, -0.1) is 0 Å². The molecule has 1 aromatic heterocycles. The minimum atomic E-state index is -0.255. The molecule has 3 aromatic rings. The van der Waals surface area contributed by atoms with Crippen molar-refractivity contribution < 1.29 is 9.18 Å². The minimum absolute atomic E-state index is 0.0101. The van der Waals surface area contributed by atoms with E-state index in [1.165, 1.54) is 23.3 Å². The van der Waals surface area contributed by atoms with E-state index in [1.54, 1.807) is 29.2 Å². The van der Waals surface area contributed by atoms with Crippen molar-refractivity contribution in [3.05, 3.63) is 83.4 Å². The summed E-state index contributed by atoms with van der Waals surface area (Å²) in [6.07, 6.45) is 4.33. The van der Waals surface area contributed by atoms with Crippen LogP contribution < -0.4 is 5.32 Å². The first-order valence-corrected chi connectivity index (χ1v) is 9.98. The third kappa shape index (κ3) is 4.56. The fraction of sp³-hybridized carbons (Fsp3) is 0.333. The average Bonchev–Trinajstić information content (AvgIpc) is 3.38. The van der Waals surface area contributed by atoms with Gasteiger partial charge in [0.2, 0.25) is 5.91 Å². The zero-order valence-electron chi connectivity index (χ0n) is 17.0. The number of hydrogen-bond acceptors (Lipinski definition) is 2. The van der Waals surface area contributed by atoms with Crippen LogP contribution in [0.4, 0.5) is 10.1 Å². The van der Waals surface area contributed by atoms with Crippen LogP contribution >= 0.6 is 0 Å². The Morgan fingerprint density at radius 3 is 2.48 bits per heavy atom. The van der Waals surface area contributed by atoms with Gasteiger partial charge >= 0.3 is 0 Å². The van der Waals surface area contributed by atoms with E-state index in [9.17, 15) is 9.18 Å². The van der Waals surface area contributed by atoms with Gasteiger partial charge in [-0.2, -0.15) is 5.10 Å². The van der Waals surface area contributed by atoms with Crippen molar-refractivity contribution in [2.75, 3.05) is 5.32 Å². The molecule has 1 aliphatic rings. The Labute approximate surface area is 170 Å². The number of carbonyl (C=O) groups excluding carboxylic acids is 1. The molecule has 150 valence electrons. The van der Waals surface area contributed by atoms with Crippen LogP contribution in [-0.4, -0.2) is 15.7 Å². The topological polar surface area (TPSA) is 46.9 Å². The first-order valence-electron chi connectivity index (χ1n) is 9.98. The van der Waals surface area contributed by atoms with Gasteiger partial charge in [0.25, 0.3) is 0 Å². The largest absolute Gasteiger partial charge is 0.323 e. The highest BCUT2D eigenvalue weighted by Gasteiger charge is 2.44. The Hall–Kier alpha value is -2.95. The van der Waals surface area contributed by atoms with Gasteiger partial charge in [0.1, 0.15) is 5.82 Å². The monoisotopic (exact) mass is 391 g/mol. The molecular weight excluding hydrogens is 365 g/mol. The number of anilines is 1. The second-order valence-electron chi connectivity index (χ2n) is 8.86. The number of aromatic nitrogens is 2. The number of nitrogens with zero attached hydrogens (tertiary/aromatic N) is 2. The van der Waals surface area contributed by atoms with Crippen LogP contribution in [-0.2, 0) is 16.8 Å². The lowest BCUT2D eigenvalue weighted by Gasteiger charge is -2.19. The van der Waals surface area contributed by atoms with Gasteiger partial charge < -0.3 is 5.32 Å². The summed E-state index contributed by atoms with van der Waals surface area (Å²) < 4.78 is 14.7. The van der Waals surface area contributed by atoms with Crippen LogP contribution in [0.2, 0.25) is 0 Å². The van der Waals surface area contributed by atoms with E-state index in [0.29, 0.717) is 18.2 Å². The predicted octanol–water partition coefficient (Wildman–Crippen LogP) is 5.11. The standard InChI is InChI=1S/C24H26FN3O/c1-24(2,3)18-8-6-17(7-9-18)21-12-22(21)23(29)27-20-13-26-28(15-20)14-16-4-10-19(25)11-5-16/h4-11,13,15,21-22H,12,14H2,1-3H3,(H,27,29). The fourth-order valence-corrected chi connectivity index (χ4v) is 3.61. The molecule has 1 amide bonds. The lowest BCUT2D eigenvalue weighted by atomic mass is 9.86. The number of carbonyl (C=O) groups is 1. The minimum Gasteiger partial charge on any atom is -0.323 e. The number of benzene rings is 2. The molecule has 0 saturated heterocycles. The molecule has 4 nitrogen and oxygen atoms in total. The molecular formula is C24H26FN3O. The molecule has 1 aliphatic carbocycles. The lowest BCUT2D eigenvalue weighted by Crippen LogP contribution is -2.14. The van der Waals surface area contributed by atoms with Crippen molar-refractivity contribution in [1.29, 1.82) is 0 Å². The second-order valence-corrected chi connectivity index (χ2v) is 8.86. The summed E-state index contributed by atoms with van der Waals surface area (Å²) in [5.74, 6) is 0.0830. The van der Waals surface area contributed by atoms with Crippen LogP contribution in [0.3, 0.4) is 0 Å². The molecule has 29 heavy (non-hydrogen) atoms. The Kier molecular flexibility index (Phi) is 4.99. The summed E-state index contributed by atoms with van der Waals surface area (Å²) in [6, 6.07) is 15.0. The van der Waals surface area contributed by atoms with Crippen LogP contribution in [0, 0.1) is 11.7 Å². The zero-order chi connectivity index (χ0) is 20.6. The third-order valence-electron chi connectivity index (χ3n) is 5.49. The first-order chi connectivity index (χ1) is 13.8. The molecule has 5 heteroatoms. The van der Waals surface area contributed by atoms with Crippen LogP contribution in [0.15, 0.2) is 60.9 Å². The Bertz CT molecular complexity index is 1000. The summed E-state index contributed by atoms with van der Waals surface area (Å²) in [4.78, 5) is 12.6. The van der Waals surface area contributed by atoms with E-state index < -0.39 is 0 Å². The van der Waals surface area contributed by atoms with Gasteiger partial charge in [-0.25, -0.2) is 4.39 Å². The highest BCUT2D eigenvalue weighted by Crippen LogP contribution is 2.48. The van der Waals surface area contributed by atoms with Crippen molar-refractivity contribution in [3.8, 4) is 0 Å². The Balaban J connectivity index is 1.34. The van der Waals surface area contributed by atoms with Gasteiger partial charge in [-0.3, -0.25) is 9.48 Å². The van der Waals surface area contributed by atoms with Gasteiger partial charge in [0, 0.05) is 12.1 Å². The first kappa shape index (κ1) is 19.4. The van der Waals surface area contributed by atoms with Crippen molar-refractivity contribution in [2.24, 2.45) is 5.92 Å². The van der Waals surface area contributed by atoms with Crippen molar-refractivity contribution in [2.45, 2.75) is 45.1 Å². The molecule has 1 fully saturated rings. The zero-order valence-corrected chi connectivity index (χ0v) is 17.0. The lowest BCUT2D eigenvalue weighted by molar-refractivity contribution is -0.117. The van der Waals surface area contributed by atoms with E-state index >= 15 is 0 Å². The quantitative estimate of drug-likeness (QED) is 0.657. The van der Waals surface area contributed by atoms with Crippen molar-refractivity contribution in [3.63, 3.8) is 0 Å². The maximum atomic E-state index is 13.0. The average molecular weight is 391 g/mol. The summed E-state index contributed by atoms with van der Waals surface area (Å²) >= 11 is 0. The Morgan fingerprint density at radius 1 is 1.14 bits per heavy atom. The van der Waals surface area contributed by atoms with E-state index in [-0.39, 0.29) is 23.1 Å². The Morgan fingerprint density at radius 2 is 1.83 bits per heavy atom. The normalized spacial score (nSPS) is 18.5. The molecule has 4 rings (SSSR count). The number of nitrogens with one attached hydrogen (secondary N) is 1. The van der Waals surface area contributed by atoms with E-state index in [0.717, 1.165) is 12.0 Å². The number of amides is 1. The molecule has 0 radical (unpaired) electrons. The van der Waals surface area contributed by atoms with E-state index in [4.69, 9.17) is 0 Å². The number of rotatable bonds is 5. The molecule has 0 aliphatic heterocycles. The van der Waals surface area contributed by atoms with Gasteiger partial charge in [0.05, 0.1) is 18.4 Å². The van der Waals surface area contributed by atoms with E-state index in [1.807, 2.05) is 0 Å². The van der Waals surface area contributed by atoms with Gasteiger partial charge in [-0.1, -0.05) is 57.2 Å². The van der Waals surface area contributed by atoms with Crippen LogP contribution in [0.1, 0.15) is 49.8 Å². The maximum Gasteiger partial charge on any atom is 0.228 e. The third-order valence-corrected chi connectivity index (χ3v) is 5.49. The molecule has 1 N–H and O–H groups in total. The summed E-state index contributed by atoms with van der Waals surface area (Å²) in [5, 5.41) is 7.26. The van der Waals surface area contributed by atoms with Crippen LogP contribution in [0.25, 0.3) is 0 Å². The maximum absolute atomic E-state index is 13.0. The summed E-state index contributed by atoms with van der Waals surface area (Å²) in [5.41, 5.74) is 4.30. The highest BCUT2D eigenvalue weighted by atomic mass is 19.1. The number of hydrogen-bond donors (Lipinski definition) is 1. The summed E-state index contributed by atoms with van der Waals surface area (Å²) in [6.45, 7) is 7.13. The molecule has 0 spiro atoms. The van der Waals surface area contributed by atoms with E-state index in [2.05, 4.69) is 55.5 Å². The molecule has 0 bridgehead atoms. The second kappa shape index (κ2) is 7.47. The molecule has 2 aromatic carbocycles.